The molecule has 5 heteroatoms. The van der Waals surface area contributed by atoms with Crippen molar-refractivity contribution in [3.63, 3.8) is 0 Å². The zero-order chi connectivity index (χ0) is 10.9. The highest BCUT2D eigenvalue weighted by Gasteiger charge is 2.19. The summed E-state index contributed by atoms with van der Waals surface area (Å²) in [6.45, 7) is 3.06. The lowest BCUT2D eigenvalue weighted by atomic mass is 10.0. The Morgan fingerprint density at radius 3 is 2.50 bits per heavy atom. The second-order valence-corrected chi connectivity index (χ2v) is 2.97. The molecular weight excluding hydrogens is 186 g/mol. The Kier molecular flexibility index (Phi) is 2.51. The van der Waals surface area contributed by atoms with Crippen LogP contribution < -0.4 is 0 Å². The van der Waals surface area contributed by atoms with Gasteiger partial charge in [-0.3, -0.25) is 14.9 Å². The fraction of sp³-hybridized carbons (Fsp3) is 0.222. The van der Waals surface area contributed by atoms with Crippen molar-refractivity contribution in [2.24, 2.45) is 0 Å². The van der Waals surface area contributed by atoms with Gasteiger partial charge >= 0.3 is 5.69 Å². The third-order valence-electron chi connectivity index (χ3n) is 2.09. The Morgan fingerprint density at radius 1 is 1.50 bits per heavy atom. The topological polar surface area (TPSA) is 80.4 Å². The maximum atomic E-state index is 10.6. The number of nitro benzene ring substituents is 1. The maximum absolute atomic E-state index is 10.6. The summed E-state index contributed by atoms with van der Waals surface area (Å²) in [5, 5.41) is 19.9. The van der Waals surface area contributed by atoms with Crippen LogP contribution in [0.1, 0.15) is 21.5 Å². The predicted molar refractivity (Wildman–Crippen MR) is 49.6 cm³/mol. The number of phenolic OH excluding ortho intramolecular Hbond substituents is 1. The van der Waals surface area contributed by atoms with Crippen LogP contribution in [0.15, 0.2) is 6.07 Å². The van der Waals surface area contributed by atoms with Crippen LogP contribution in [0, 0.1) is 24.0 Å². The molecule has 0 spiro atoms. The number of carbonyl (C=O) groups is 1. The highest BCUT2D eigenvalue weighted by Crippen LogP contribution is 2.32. The van der Waals surface area contributed by atoms with E-state index in [1.165, 1.54) is 13.0 Å². The lowest BCUT2D eigenvalue weighted by molar-refractivity contribution is -0.386. The van der Waals surface area contributed by atoms with Gasteiger partial charge in [-0.1, -0.05) is 0 Å². The monoisotopic (exact) mass is 195 g/mol. The SMILES string of the molecule is Cc1cc([N+](=O)[O-])c(O)c(C)c1C=O. The van der Waals surface area contributed by atoms with Gasteiger partial charge in [-0.05, 0) is 19.4 Å². The smallest absolute Gasteiger partial charge is 0.311 e. The molecule has 1 aromatic carbocycles. The summed E-state index contributed by atoms with van der Waals surface area (Å²) in [4.78, 5) is 20.4. The zero-order valence-electron chi connectivity index (χ0n) is 7.77. The number of aryl methyl sites for hydroxylation is 1. The lowest BCUT2D eigenvalue weighted by Crippen LogP contribution is -1.97. The van der Waals surface area contributed by atoms with E-state index in [1.807, 2.05) is 0 Å². The van der Waals surface area contributed by atoms with E-state index in [0.717, 1.165) is 0 Å². The second kappa shape index (κ2) is 3.45. The molecule has 0 aliphatic rings. The molecule has 0 unspecified atom stereocenters. The average molecular weight is 195 g/mol. The normalized spacial score (nSPS) is 9.86. The van der Waals surface area contributed by atoms with Crippen molar-refractivity contribution in [1.82, 2.24) is 0 Å². The summed E-state index contributed by atoms with van der Waals surface area (Å²) in [6, 6.07) is 1.19. The molecule has 1 N–H and O–H groups in total. The third-order valence-corrected chi connectivity index (χ3v) is 2.09. The minimum Gasteiger partial charge on any atom is -0.502 e. The van der Waals surface area contributed by atoms with Gasteiger partial charge in [0.05, 0.1) is 4.92 Å². The molecule has 5 nitrogen and oxygen atoms in total. The first-order valence-electron chi connectivity index (χ1n) is 3.91. The van der Waals surface area contributed by atoms with E-state index in [2.05, 4.69) is 0 Å². The van der Waals surface area contributed by atoms with E-state index >= 15 is 0 Å². The number of benzene rings is 1. The Hall–Kier alpha value is -1.91. The van der Waals surface area contributed by atoms with Crippen molar-refractivity contribution in [2.75, 3.05) is 0 Å². The summed E-state index contributed by atoms with van der Waals surface area (Å²) in [5.41, 5.74) is 0.660. The molecule has 14 heavy (non-hydrogen) atoms. The second-order valence-electron chi connectivity index (χ2n) is 2.97. The van der Waals surface area contributed by atoms with Crippen molar-refractivity contribution >= 4 is 12.0 Å². The van der Waals surface area contributed by atoms with E-state index in [9.17, 15) is 20.0 Å². The molecule has 0 aromatic heterocycles. The zero-order valence-corrected chi connectivity index (χ0v) is 7.77. The van der Waals surface area contributed by atoms with Gasteiger partial charge < -0.3 is 5.11 Å². The highest BCUT2D eigenvalue weighted by atomic mass is 16.6. The molecule has 0 fully saturated rings. The molecule has 0 bridgehead atoms. The van der Waals surface area contributed by atoms with Crippen LogP contribution in [0.5, 0.6) is 5.75 Å². The molecule has 0 amide bonds. The highest BCUT2D eigenvalue weighted by molar-refractivity contribution is 5.82. The molecule has 0 radical (unpaired) electrons. The van der Waals surface area contributed by atoms with Crippen LogP contribution in [0.3, 0.4) is 0 Å². The molecule has 0 saturated heterocycles. The maximum Gasteiger partial charge on any atom is 0.311 e. The summed E-state index contributed by atoms with van der Waals surface area (Å²) < 4.78 is 0. The molecule has 74 valence electrons. The number of nitro groups is 1. The third kappa shape index (κ3) is 1.44. The van der Waals surface area contributed by atoms with Crippen LogP contribution in [0.25, 0.3) is 0 Å². The van der Waals surface area contributed by atoms with E-state index in [-0.39, 0.29) is 11.3 Å². The molecule has 1 rings (SSSR count). The number of phenols is 1. The molecule has 0 heterocycles. The average Bonchev–Trinajstić information content (AvgIpc) is 2.12. The van der Waals surface area contributed by atoms with Crippen LogP contribution in [-0.4, -0.2) is 16.3 Å². The number of aldehydes is 1. The predicted octanol–water partition coefficient (Wildman–Crippen LogP) is 1.73. The lowest BCUT2D eigenvalue weighted by Gasteiger charge is -2.05. The number of carbonyl (C=O) groups excluding carboxylic acids is 1. The molecule has 1 aromatic rings. The van der Waals surface area contributed by atoms with Crippen molar-refractivity contribution in [1.29, 1.82) is 0 Å². The molecule has 0 aliphatic carbocycles. The minimum atomic E-state index is -0.677. The van der Waals surface area contributed by atoms with Gasteiger partial charge in [-0.15, -0.1) is 0 Å². The summed E-state index contributed by atoms with van der Waals surface area (Å²) in [7, 11) is 0. The Morgan fingerprint density at radius 2 is 2.07 bits per heavy atom. The fourth-order valence-corrected chi connectivity index (χ4v) is 1.29. The van der Waals surface area contributed by atoms with E-state index in [1.54, 1.807) is 6.92 Å². The first-order valence-corrected chi connectivity index (χ1v) is 3.91. The van der Waals surface area contributed by atoms with E-state index in [4.69, 9.17) is 0 Å². The Bertz CT molecular complexity index is 412. The van der Waals surface area contributed by atoms with Crippen LogP contribution in [-0.2, 0) is 0 Å². The number of rotatable bonds is 2. The fourth-order valence-electron chi connectivity index (χ4n) is 1.29. The van der Waals surface area contributed by atoms with Gasteiger partial charge in [0.2, 0.25) is 0 Å². The molecule has 0 atom stereocenters. The first-order chi connectivity index (χ1) is 6.49. The van der Waals surface area contributed by atoms with Gasteiger partial charge in [0, 0.05) is 17.2 Å². The van der Waals surface area contributed by atoms with Crippen molar-refractivity contribution in [3.05, 3.63) is 32.9 Å². The van der Waals surface area contributed by atoms with Crippen molar-refractivity contribution in [3.8, 4) is 5.75 Å². The first kappa shape index (κ1) is 10.2. The van der Waals surface area contributed by atoms with Gasteiger partial charge in [0.25, 0.3) is 0 Å². The standard InChI is InChI=1S/C9H9NO4/c1-5-3-8(10(13)14)9(12)6(2)7(5)4-11/h3-4,12H,1-2H3. The van der Waals surface area contributed by atoms with Crippen LogP contribution in [0.4, 0.5) is 5.69 Å². The van der Waals surface area contributed by atoms with Gasteiger partial charge in [0.15, 0.2) is 12.0 Å². The summed E-state index contributed by atoms with van der Waals surface area (Å²) in [6.07, 6.45) is 0.577. The Labute approximate surface area is 80.1 Å². The Balaban J connectivity index is 3.55. The largest absolute Gasteiger partial charge is 0.502 e. The number of aromatic hydroxyl groups is 1. The van der Waals surface area contributed by atoms with E-state index < -0.39 is 10.7 Å². The van der Waals surface area contributed by atoms with Gasteiger partial charge in [-0.25, -0.2) is 0 Å². The summed E-state index contributed by atoms with van der Waals surface area (Å²) >= 11 is 0. The minimum absolute atomic E-state index is 0.242. The van der Waals surface area contributed by atoms with Crippen molar-refractivity contribution in [2.45, 2.75) is 13.8 Å². The molecule has 0 saturated carbocycles. The van der Waals surface area contributed by atoms with Crippen LogP contribution in [0.2, 0.25) is 0 Å². The van der Waals surface area contributed by atoms with Gasteiger partial charge in [-0.2, -0.15) is 0 Å². The van der Waals surface area contributed by atoms with E-state index in [0.29, 0.717) is 17.4 Å². The van der Waals surface area contributed by atoms with Crippen LogP contribution >= 0.6 is 0 Å². The quantitative estimate of drug-likeness (QED) is 0.442. The molecule has 0 aliphatic heterocycles. The van der Waals surface area contributed by atoms with Crippen molar-refractivity contribution < 1.29 is 14.8 Å². The molecular formula is C9H9NO4. The number of nitrogens with zero attached hydrogens (tertiary/aromatic N) is 1. The van der Waals surface area contributed by atoms with Gasteiger partial charge in [0.1, 0.15) is 0 Å². The number of hydrogen-bond donors (Lipinski definition) is 1. The summed E-state index contributed by atoms with van der Waals surface area (Å²) in [5.74, 6) is -0.442. The number of hydrogen-bond acceptors (Lipinski definition) is 4.